The first kappa shape index (κ1) is 15.6. The molecule has 0 saturated carbocycles. The highest BCUT2D eigenvalue weighted by Gasteiger charge is 2.23. The van der Waals surface area contributed by atoms with Crippen LogP contribution in [0.15, 0.2) is 17.5 Å². The summed E-state index contributed by atoms with van der Waals surface area (Å²) < 4.78 is 10.7. The van der Waals surface area contributed by atoms with E-state index >= 15 is 0 Å². The van der Waals surface area contributed by atoms with Crippen LogP contribution in [0.25, 0.3) is 0 Å². The molecule has 0 aliphatic carbocycles. The van der Waals surface area contributed by atoms with Crippen LogP contribution in [0, 0.1) is 6.92 Å². The summed E-state index contributed by atoms with van der Waals surface area (Å²) in [6.07, 6.45) is 0.792. The highest BCUT2D eigenvalue weighted by molar-refractivity contribution is 7.13. The lowest BCUT2D eigenvalue weighted by atomic mass is 9.99. The van der Waals surface area contributed by atoms with Gasteiger partial charge in [-0.05, 0) is 36.6 Å². The van der Waals surface area contributed by atoms with Crippen LogP contribution >= 0.6 is 11.3 Å². The van der Waals surface area contributed by atoms with Gasteiger partial charge in [0, 0.05) is 18.5 Å². The zero-order chi connectivity index (χ0) is 16.4. The third-order valence-electron chi connectivity index (χ3n) is 3.84. The highest BCUT2D eigenvalue weighted by Crippen LogP contribution is 2.33. The third-order valence-corrected chi connectivity index (χ3v) is 4.71. The van der Waals surface area contributed by atoms with Gasteiger partial charge < -0.3 is 14.4 Å². The Morgan fingerprint density at radius 1 is 1.26 bits per heavy atom. The fraction of sp³-hybridized carbons (Fsp3) is 0.375. The fourth-order valence-corrected chi connectivity index (χ4v) is 3.32. The molecular formula is C16H19N3O3S. The van der Waals surface area contributed by atoms with Gasteiger partial charge in [0.2, 0.25) is 0 Å². The monoisotopic (exact) mass is 333 g/mol. The zero-order valence-electron chi connectivity index (χ0n) is 13.4. The molecule has 0 radical (unpaired) electrons. The molecule has 0 saturated heterocycles. The van der Waals surface area contributed by atoms with Gasteiger partial charge in [-0.25, -0.2) is 9.78 Å². The molecule has 2 amide bonds. The summed E-state index contributed by atoms with van der Waals surface area (Å²) in [5, 5.41) is 5.40. The molecule has 1 aliphatic heterocycles. The summed E-state index contributed by atoms with van der Waals surface area (Å²) in [5.74, 6) is 1.41. The van der Waals surface area contributed by atoms with E-state index in [4.69, 9.17) is 9.47 Å². The number of ether oxygens (including phenoxy) is 2. The van der Waals surface area contributed by atoms with Crippen LogP contribution in [0.4, 0.5) is 9.93 Å². The molecule has 23 heavy (non-hydrogen) atoms. The van der Waals surface area contributed by atoms with Gasteiger partial charge in [0.25, 0.3) is 0 Å². The molecule has 0 bridgehead atoms. The number of urea groups is 1. The van der Waals surface area contributed by atoms with E-state index in [1.54, 1.807) is 19.1 Å². The fourth-order valence-electron chi connectivity index (χ4n) is 2.64. The Bertz CT molecular complexity index is 729. The molecule has 1 N–H and O–H groups in total. The zero-order valence-corrected chi connectivity index (χ0v) is 14.2. The molecule has 2 aromatic rings. The average molecular weight is 333 g/mol. The van der Waals surface area contributed by atoms with Crippen molar-refractivity contribution in [2.75, 3.05) is 26.1 Å². The lowest BCUT2D eigenvalue weighted by Crippen LogP contribution is -2.38. The molecular weight excluding hydrogens is 314 g/mol. The summed E-state index contributed by atoms with van der Waals surface area (Å²) in [6, 6.07) is 3.81. The number of fused-ring (bicyclic) bond motifs is 1. The summed E-state index contributed by atoms with van der Waals surface area (Å²) in [7, 11) is 3.24. The largest absolute Gasteiger partial charge is 0.493 e. The number of amides is 2. The number of thiazole rings is 1. The standard InChI is InChI=1S/C16H19N3O3S/c1-10-9-23-15(17-10)18-16(20)19-5-4-11-6-13(21-2)14(22-3)7-12(11)8-19/h6-7,9H,4-5,8H2,1-3H3,(H,17,18,20). The molecule has 122 valence electrons. The first-order valence-corrected chi connectivity index (χ1v) is 8.20. The second-order valence-electron chi connectivity index (χ2n) is 5.37. The number of carbonyl (C=O) groups excluding carboxylic acids is 1. The summed E-state index contributed by atoms with van der Waals surface area (Å²) in [5.41, 5.74) is 3.18. The number of nitrogens with zero attached hydrogens (tertiary/aromatic N) is 2. The second-order valence-corrected chi connectivity index (χ2v) is 6.23. The van der Waals surface area contributed by atoms with Crippen molar-refractivity contribution >= 4 is 22.5 Å². The Labute approximate surface area is 139 Å². The van der Waals surface area contributed by atoms with Crippen molar-refractivity contribution in [3.8, 4) is 11.5 Å². The van der Waals surface area contributed by atoms with Crippen LogP contribution in [0.1, 0.15) is 16.8 Å². The molecule has 0 atom stereocenters. The lowest BCUT2D eigenvalue weighted by Gasteiger charge is -2.29. The maximum atomic E-state index is 12.4. The predicted octanol–water partition coefficient (Wildman–Crippen LogP) is 3.06. The van der Waals surface area contributed by atoms with Crippen LogP contribution < -0.4 is 14.8 Å². The Hall–Kier alpha value is -2.28. The average Bonchev–Trinajstić information content (AvgIpc) is 2.97. The SMILES string of the molecule is COc1cc2c(cc1OC)CN(C(=O)Nc1nc(C)cs1)CC2. The molecule has 0 spiro atoms. The van der Waals surface area contributed by atoms with E-state index < -0.39 is 0 Å². The normalized spacial score (nSPS) is 13.4. The Balaban J connectivity index is 1.75. The van der Waals surface area contributed by atoms with Crippen LogP contribution in [0.2, 0.25) is 0 Å². The number of hydrogen-bond acceptors (Lipinski definition) is 5. The maximum Gasteiger partial charge on any atom is 0.323 e. The molecule has 0 unspecified atom stereocenters. The summed E-state index contributed by atoms with van der Waals surface area (Å²) in [4.78, 5) is 18.4. The number of rotatable bonds is 3. The minimum Gasteiger partial charge on any atom is -0.493 e. The molecule has 0 fully saturated rings. The van der Waals surface area contributed by atoms with Crippen molar-refractivity contribution in [2.45, 2.75) is 19.9 Å². The topological polar surface area (TPSA) is 63.7 Å². The summed E-state index contributed by atoms with van der Waals surface area (Å²) in [6.45, 7) is 3.12. The minimum absolute atomic E-state index is 0.125. The van der Waals surface area contributed by atoms with Gasteiger partial charge in [0.15, 0.2) is 16.6 Å². The quantitative estimate of drug-likeness (QED) is 0.938. The van der Waals surface area contributed by atoms with E-state index in [0.29, 0.717) is 24.0 Å². The number of anilines is 1. The van der Waals surface area contributed by atoms with E-state index in [1.165, 1.54) is 16.9 Å². The van der Waals surface area contributed by atoms with Gasteiger partial charge in [-0.15, -0.1) is 11.3 Å². The molecule has 6 nitrogen and oxygen atoms in total. The van der Waals surface area contributed by atoms with Crippen LogP contribution in [-0.4, -0.2) is 36.7 Å². The maximum absolute atomic E-state index is 12.4. The minimum atomic E-state index is -0.125. The number of methoxy groups -OCH3 is 2. The van der Waals surface area contributed by atoms with Gasteiger partial charge in [0.1, 0.15) is 0 Å². The predicted molar refractivity (Wildman–Crippen MR) is 89.5 cm³/mol. The van der Waals surface area contributed by atoms with E-state index in [1.807, 2.05) is 24.4 Å². The van der Waals surface area contributed by atoms with E-state index in [0.717, 1.165) is 23.4 Å². The van der Waals surface area contributed by atoms with Crippen LogP contribution in [-0.2, 0) is 13.0 Å². The molecule has 1 aliphatic rings. The summed E-state index contributed by atoms with van der Waals surface area (Å²) >= 11 is 1.43. The Morgan fingerprint density at radius 3 is 2.57 bits per heavy atom. The van der Waals surface area contributed by atoms with Gasteiger partial charge in [-0.3, -0.25) is 5.32 Å². The molecule has 7 heteroatoms. The van der Waals surface area contributed by atoms with Gasteiger partial charge in [-0.2, -0.15) is 0 Å². The van der Waals surface area contributed by atoms with Gasteiger partial charge in [-0.1, -0.05) is 0 Å². The molecule has 2 heterocycles. The number of benzene rings is 1. The number of aromatic nitrogens is 1. The number of carbonyl (C=O) groups is 1. The van der Waals surface area contributed by atoms with Gasteiger partial charge >= 0.3 is 6.03 Å². The van der Waals surface area contributed by atoms with Crippen molar-refractivity contribution in [3.05, 3.63) is 34.3 Å². The second kappa shape index (κ2) is 6.45. The molecule has 1 aromatic carbocycles. The first-order chi connectivity index (χ1) is 11.1. The van der Waals surface area contributed by atoms with E-state index in [-0.39, 0.29) is 6.03 Å². The number of aryl methyl sites for hydroxylation is 1. The van der Waals surface area contributed by atoms with Crippen molar-refractivity contribution in [1.82, 2.24) is 9.88 Å². The number of nitrogens with one attached hydrogen (secondary N) is 1. The van der Waals surface area contributed by atoms with E-state index in [2.05, 4.69) is 10.3 Å². The van der Waals surface area contributed by atoms with Crippen LogP contribution in [0.5, 0.6) is 11.5 Å². The van der Waals surface area contributed by atoms with Crippen molar-refractivity contribution in [2.24, 2.45) is 0 Å². The number of hydrogen-bond donors (Lipinski definition) is 1. The van der Waals surface area contributed by atoms with Crippen molar-refractivity contribution in [3.63, 3.8) is 0 Å². The highest BCUT2D eigenvalue weighted by atomic mass is 32.1. The van der Waals surface area contributed by atoms with Gasteiger partial charge in [0.05, 0.1) is 19.9 Å². The first-order valence-electron chi connectivity index (χ1n) is 7.32. The third kappa shape index (κ3) is 3.24. The van der Waals surface area contributed by atoms with E-state index in [9.17, 15) is 4.79 Å². The molecule has 3 rings (SSSR count). The Morgan fingerprint density at radius 2 is 1.96 bits per heavy atom. The van der Waals surface area contributed by atoms with Crippen molar-refractivity contribution in [1.29, 1.82) is 0 Å². The van der Waals surface area contributed by atoms with Crippen LogP contribution in [0.3, 0.4) is 0 Å². The lowest BCUT2D eigenvalue weighted by molar-refractivity contribution is 0.206. The Kier molecular flexibility index (Phi) is 4.38. The smallest absolute Gasteiger partial charge is 0.323 e. The van der Waals surface area contributed by atoms with Crippen molar-refractivity contribution < 1.29 is 14.3 Å². The molecule has 1 aromatic heterocycles.